The second-order valence-electron chi connectivity index (χ2n) is 4.89. The molecule has 0 saturated carbocycles. The molecule has 1 rings (SSSR count). The van der Waals surface area contributed by atoms with Crippen LogP contribution in [0.2, 0.25) is 0 Å². The molecule has 1 heterocycles. The molecule has 0 bridgehead atoms. The number of carbonyl (C=O) groups excluding carboxylic acids is 1. The van der Waals surface area contributed by atoms with Gasteiger partial charge in [-0.2, -0.15) is 0 Å². The number of hydrogen-bond donors (Lipinski definition) is 2. The fourth-order valence-electron chi connectivity index (χ4n) is 1.49. The Morgan fingerprint density at radius 3 is 2.62 bits per heavy atom. The van der Waals surface area contributed by atoms with Crippen molar-refractivity contribution in [3.8, 4) is 0 Å². The van der Waals surface area contributed by atoms with Crippen LogP contribution in [0.1, 0.15) is 33.6 Å². The Morgan fingerprint density at radius 2 is 2.23 bits per heavy atom. The van der Waals surface area contributed by atoms with Crippen molar-refractivity contribution >= 4 is 5.91 Å². The van der Waals surface area contributed by atoms with Gasteiger partial charge in [-0.15, -0.1) is 0 Å². The Kier molecular flexibility index (Phi) is 2.96. The first-order valence-corrected chi connectivity index (χ1v) is 4.87. The molecule has 3 heteroatoms. The van der Waals surface area contributed by atoms with Crippen LogP contribution < -0.4 is 5.32 Å². The first kappa shape index (κ1) is 10.5. The Hall–Kier alpha value is -0.570. The summed E-state index contributed by atoms with van der Waals surface area (Å²) in [4.78, 5) is 11.2. The van der Waals surface area contributed by atoms with Crippen molar-refractivity contribution in [3.63, 3.8) is 0 Å². The third-order valence-electron chi connectivity index (χ3n) is 2.67. The molecule has 0 aromatic rings. The van der Waals surface area contributed by atoms with Crippen molar-refractivity contribution in [2.45, 2.75) is 39.7 Å². The highest BCUT2D eigenvalue weighted by atomic mass is 16.3. The number of aliphatic hydroxyl groups is 1. The number of rotatable bonds is 2. The smallest absolute Gasteiger partial charge is 0.223 e. The van der Waals surface area contributed by atoms with E-state index < -0.39 is 0 Å². The molecule has 0 radical (unpaired) electrons. The van der Waals surface area contributed by atoms with Gasteiger partial charge in [-0.3, -0.25) is 4.79 Å². The summed E-state index contributed by atoms with van der Waals surface area (Å²) in [7, 11) is 0. The molecule has 13 heavy (non-hydrogen) atoms. The second-order valence-corrected chi connectivity index (χ2v) is 4.89. The molecule has 1 saturated heterocycles. The third kappa shape index (κ3) is 2.69. The zero-order chi connectivity index (χ0) is 10.1. The first-order chi connectivity index (χ1) is 5.91. The number of hydrogen-bond acceptors (Lipinski definition) is 2. The van der Waals surface area contributed by atoms with Gasteiger partial charge in [0.05, 0.1) is 6.10 Å². The highest BCUT2D eigenvalue weighted by molar-refractivity contribution is 5.80. The van der Waals surface area contributed by atoms with E-state index in [-0.39, 0.29) is 23.3 Å². The van der Waals surface area contributed by atoms with E-state index in [1.54, 1.807) is 0 Å². The Bertz CT molecular complexity index is 196. The Morgan fingerprint density at radius 1 is 1.62 bits per heavy atom. The summed E-state index contributed by atoms with van der Waals surface area (Å²) in [5, 5.41) is 12.6. The van der Waals surface area contributed by atoms with E-state index in [1.165, 1.54) is 0 Å². The third-order valence-corrected chi connectivity index (χ3v) is 2.67. The topological polar surface area (TPSA) is 49.3 Å². The lowest BCUT2D eigenvalue weighted by molar-refractivity contribution is -0.123. The lowest BCUT2D eigenvalue weighted by atomic mass is 9.83. The standard InChI is InChI=1S/C10H19NO2/c1-10(2,3)8(12)6-7-4-5-11-9(7)13/h7-8,12H,4-6H2,1-3H3,(H,11,13). The highest BCUT2D eigenvalue weighted by Gasteiger charge is 2.31. The number of carbonyl (C=O) groups is 1. The van der Waals surface area contributed by atoms with Crippen molar-refractivity contribution in [2.24, 2.45) is 11.3 Å². The van der Waals surface area contributed by atoms with Crippen molar-refractivity contribution in [2.75, 3.05) is 6.54 Å². The fourth-order valence-corrected chi connectivity index (χ4v) is 1.49. The van der Waals surface area contributed by atoms with Crippen LogP contribution in [0, 0.1) is 11.3 Å². The maximum atomic E-state index is 11.2. The summed E-state index contributed by atoms with van der Waals surface area (Å²) in [6, 6.07) is 0. The van der Waals surface area contributed by atoms with E-state index in [0.29, 0.717) is 6.42 Å². The minimum atomic E-state index is -0.388. The summed E-state index contributed by atoms with van der Waals surface area (Å²) in [6.45, 7) is 6.74. The van der Waals surface area contributed by atoms with E-state index in [1.807, 2.05) is 20.8 Å². The molecule has 0 aromatic heterocycles. The van der Waals surface area contributed by atoms with Crippen LogP contribution in [-0.4, -0.2) is 23.7 Å². The molecule has 0 aliphatic carbocycles. The van der Waals surface area contributed by atoms with Gasteiger partial charge in [0.25, 0.3) is 0 Å². The summed E-state index contributed by atoms with van der Waals surface area (Å²) < 4.78 is 0. The average molecular weight is 185 g/mol. The fraction of sp³-hybridized carbons (Fsp3) is 0.900. The Balaban J connectivity index is 2.44. The molecule has 0 spiro atoms. The zero-order valence-corrected chi connectivity index (χ0v) is 8.63. The maximum absolute atomic E-state index is 11.2. The minimum absolute atomic E-state index is 0.0224. The lowest BCUT2D eigenvalue weighted by Gasteiger charge is -2.27. The summed E-state index contributed by atoms with van der Waals surface area (Å²) >= 11 is 0. The van der Waals surface area contributed by atoms with Crippen LogP contribution in [0.5, 0.6) is 0 Å². The van der Waals surface area contributed by atoms with E-state index in [4.69, 9.17) is 0 Å². The van der Waals surface area contributed by atoms with Crippen LogP contribution in [0.25, 0.3) is 0 Å². The summed E-state index contributed by atoms with van der Waals surface area (Å²) in [5.74, 6) is 0.123. The lowest BCUT2D eigenvalue weighted by Crippen LogP contribution is -2.30. The zero-order valence-electron chi connectivity index (χ0n) is 8.63. The van der Waals surface area contributed by atoms with E-state index in [0.717, 1.165) is 13.0 Å². The molecular weight excluding hydrogens is 166 g/mol. The molecule has 1 fully saturated rings. The Labute approximate surface area is 79.5 Å². The van der Waals surface area contributed by atoms with Gasteiger partial charge >= 0.3 is 0 Å². The van der Waals surface area contributed by atoms with Gasteiger partial charge in [-0.1, -0.05) is 20.8 Å². The number of amides is 1. The second kappa shape index (κ2) is 3.66. The van der Waals surface area contributed by atoms with Crippen molar-refractivity contribution in [1.82, 2.24) is 5.32 Å². The van der Waals surface area contributed by atoms with Crippen LogP contribution >= 0.6 is 0 Å². The average Bonchev–Trinajstić information content (AvgIpc) is 2.34. The molecule has 0 aromatic carbocycles. The van der Waals surface area contributed by atoms with Gasteiger partial charge in [0.1, 0.15) is 0 Å². The van der Waals surface area contributed by atoms with Crippen LogP contribution in [-0.2, 0) is 4.79 Å². The van der Waals surface area contributed by atoms with E-state index >= 15 is 0 Å². The summed E-state index contributed by atoms with van der Waals surface area (Å²) in [6.07, 6.45) is 1.07. The van der Waals surface area contributed by atoms with Crippen LogP contribution in [0.3, 0.4) is 0 Å². The predicted molar refractivity (Wildman–Crippen MR) is 51.2 cm³/mol. The van der Waals surface area contributed by atoms with Gasteiger partial charge in [0.15, 0.2) is 0 Å². The molecule has 2 unspecified atom stereocenters. The molecule has 76 valence electrons. The van der Waals surface area contributed by atoms with E-state index in [2.05, 4.69) is 5.32 Å². The van der Waals surface area contributed by atoms with Crippen molar-refractivity contribution in [1.29, 1.82) is 0 Å². The van der Waals surface area contributed by atoms with Gasteiger partial charge in [0, 0.05) is 12.5 Å². The van der Waals surface area contributed by atoms with Gasteiger partial charge in [0.2, 0.25) is 5.91 Å². The molecule has 2 atom stereocenters. The number of nitrogens with one attached hydrogen (secondary N) is 1. The molecular formula is C10H19NO2. The van der Waals surface area contributed by atoms with Crippen LogP contribution in [0.15, 0.2) is 0 Å². The van der Waals surface area contributed by atoms with Crippen LogP contribution in [0.4, 0.5) is 0 Å². The maximum Gasteiger partial charge on any atom is 0.223 e. The normalized spacial score (nSPS) is 25.8. The molecule has 2 N–H and O–H groups in total. The van der Waals surface area contributed by atoms with Gasteiger partial charge < -0.3 is 10.4 Å². The monoisotopic (exact) mass is 185 g/mol. The number of aliphatic hydroxyl groups excluding tert-OH is 1. The minimum Gasteiger partial charge on any atom is -0.393 e. The highest BCUT2D eigenvalue weighted by Crippen LogP contribution is 2.27. The quantitative estimate of drug-likeness (QED) is 0.672. The van der Waals surface area contributed by atoms with Gasteiger partial charge in [-0.05, 0) is 18.3 Å². The SMILES string of the molecule is CC(C)(C)C(O)CC1CCNC1=O. The molecule has 1 aliphatic rings. The predicted octanol–water partition coefficient (Wildman–Crippen LogP) is 0.920. The first-order valence-electron chi connectivity index (χ1n) is 4.87. The molecule has 1 amide bonds. The molecule has 3 nitrogen and oxygen atoms in total. The van der Waals surface area contributed by atoms with Crippen molar-refractivity contribution < 1.29 is 9.90 Å². The van der Waals surface area contributed by atoms with Crippen molar-refractivity contribution in [3.05, 3.63) is 0 Å². The van der Waals surface area contributed by atoms with Gasteiger partial charge in [-0.25, -0.2) is 0 Å². The molecule has 1 aliphatic heterocycles. The summed E-state index contributed by atoms with van der Waals surface area (Å²) in [5.41, 5.74) is -0.122. The largest absolute Gasteiger partial charge is 0.393 e. The van der Waals surface area contributed by atoms with E-state index in [9.17, 15) is 9.90 Å².